The van der Waals surface area contributed by atoms with Crippen LogP contribution < -0.4 is 5.32 Å². The third-order valence-corrected chi connectivity index (χ3v) is 3.81. The zero-order chi connectivity index (χ0) is 10.5. The molecule has 15 heavy (non-hydrogen) atoms. The lowest BCUT2D eigenvalue weighted by Crippen LogP contribution is -2.46. The topological polar surface area (TPSA) is 35.5 Å². The Morgan fingerprint density at radius 2 is 2.07 bits per heavy atom. The molecule has 0 spiro atoms. The van der Waals surface area contributed by atoms with Gasteiger partial charge in [0, 0.05) is 31.8 Å². The summed E-state index contributed by atoms with van der Waals surface area (Å²) in [6, 6.07) is 1.53. The van der Waals surface area contributed by atoms with E-state index < -0.39 is 0 Å². The highest BCUT2D eigenvalue weighted by molar-refractivity contribution is 4.85. The highest BCUT2D eigenvalue weighted by Gasteiger charge is 2.27. The van der Waals surface area contributed by atoms with Crippen molar-refractivity contribution in [1.29, 1.82) is 0 Å². The van der Waals surface area contributed by atoms with Crippen molar-refractivity contribution < 1.29 is 5.11 Å². The summed E-state index contributed by atoms with van der Waals surface area (Å²) >= 11 is 0. The first kappa shape index (κ1) is 11.4. The molecule has 1 atom stereocenters. The van der Waals surface area contributed by atoms with Gasteiger partial charge in [0.15, 0.2) is 0 Å². The van der Waals surface area contributed by atoms with Gasteiger partial charge in [-0.05, 0) is 38.6 Å². The van der Waals surface area contributed by atoms with Gasteiger partial charge in [-0.1, -0.05) is 6.42 Å². The molecule has 1 heterocycles. The van der Waals surface area contributed by atoms with E-state index in [2.05, 4.69) is 10.2 Å². The molecule has 2 aliphatic rings. The summed E-state index contributed by atoms with van der Waals surface area (Å²) in [5.41, 5.74) is 0. The molecule has 0 aromatic rings. The number of nitrogens with zero attached hydrogens (tertiary/aromatic N) is 1. The Labute approximate surface area is 92.8 Å². The average molecular weight is 212 g/mol. The van der Waals surface area contributed by atoms with E-state index in [1.54, 1.807) is 0 Å². The van der Waals surface area contributed by atoms with Gasteiger partial charge in [0.25, 0.3) is 0 Å². The van der Waals surface area contributed by atoms with Gasteiger partial charge >= 0.3 is 0 Å². The fourth-order valence-electron chi connectivity index (χ4n) is 2.64. The van der Waals surface area contributed by atoms with E-state index in [0.717, 1.165) is 19.0 Å². The number of nitrogens with one attached hydrogen (secondary N) is 1. The third-order valence-electron chi connectivity index (χ3n) is 3.81. The Kier molecular flexibility index (Phi) is 4.42. The lowest BCUT2D eigenvalue weighted by atomic mass is 9.91. The molecule has 0 amide bonds. The lowest BCUT2D eigenvalue weighted by Gasteiger charge is -2.39. The highest BCUT2D eigenvalue weighted by Crippen LogP contribution is 2.25. The lowest BCUT2D eigenvalue weighted by molar-refractivity contribution is 0.107. The second-order valence-corrected chi connectivity index (χ2v) is 4.95. The standard InChI is InChI=1S/C12H24N2O/c15-9-3-8-14(12-5-1-6-12)10-11-4-2-7-13-11/h11-13,15H,1-10H2. The van der Waals surface area contributed by atoms with Crippen LogP contribution in [0.4, 0.5) is 0 Å². The van der Waals surface area contributed by atoms with E-state index >= 15 is 0 Å². The summed E-state index contributed by atoms with van der Waals surface area (Å²) in [7, 11) is 0. The van der Waals surface area contributed by atoms with Gasteiger partial charge in [0.2, 0.25) is 0 Å². The number of aliphatic hydroxyl groups is 1. The molecule has 1 saturated heterocycles. The number of aliphatic hydroxyl groups excluding tert-OH is 1. The minimum absolute atomic E-state index is 0.335. The first-order valence-corrected chi connectivity index (χ1v) is 6.48. The van der Waals surface area contributed by atoms with Crippen LogP contribution in [0.25, 0.3) is 0 Å². The summed E-state index contributed by atoms with van der Waals surface area (Å²) in [5, 5.41) is 12.5. The molecule has 0 radical (unpaired) electrons. The van der Waals surface area contributed by atoms with Crippen molar-refractivity contribution >= 4 is 0 Å². The van der Waals surface area contributed by atoms with E-state index in [0.29, 0.717) is 12.6 Å². The van der Waals surface area contributed by atoms with E-state index in [-0.39, 0.29) is 0 Å². The van der Waals surface area contributed by atoms with Crippen LogP contribution >= 0.6 is 0 Å². The van der Waals surface area contributed by atoms with Gasteiger partial charge < -0.3 is 10.4 Å². The van der Waals surface area contributed by atoms with Gasteiger partial charge in [-0.15, -0.1) is 0 Å². The van der Waals surface area contributed by atoms with Crippen LogP contribution in [0.2, 0.25) is 0 Å². The van der Waals surface area contributed by atoms with Crippen molar-refractivity contribution in [3.8, 4) is 0 Å². The Balaban J connectivity index is 1.75. The average Bonchev–Trinajstić information content (AvgIpc) is 2.64. The van der Waals surface area contributed by atoms with Crippen molar-refractivity contribution in [3.05, 3.63) is 0 Å². The summed E-state index contributed by atoms with van der Waals surface area (Å²) in [4.78, 5) is 2.60. The molecular weight excluding hydrogens is 188 g/mol. The Hall–Kier alpha value is -0.120. The van der Waals surface area contributed by atoms with Gasteiger partial charge in [-0.25, -0.2) is 0 Å². The van der Waals surface area contributed by atoms with Crippen molar-refractivity contribution in [2.45, 2.75) is 50.6 Å². The monoisotopic (exact) mass is 212 g/mol. The Morgan fingerprint density at radius 3 is 2.60 bits per heavy atom. The maximum Gasteiger partial charge on any atom is 0.0443 e. The predicted octanol–water partition coefficient (Wildman–Crippen LogP) is 0.975. The molecule has 0 aromatic carbocycles. The van der Waals surface area contributed by atoms with Gasteiger partial charge in [0.1, 0.15) is 0 Å². The largest absolute Gasteiger partial charge is 0.396 e. The normalized spacial score (nSPS) is 27.2. The van der Waals surface area contributed by atoms with Crippen LogP contribution in [0.5, 0.6) is 0 Å². The van der Waals surface area contributed by atoms with E-state index in [1.807, 2.05) is 0 Å². The minimum Gasteiger partial charge on any atom is -0.396 e. The van der Waals surface area contributed by atoms with Crippen LogP contribution in [0, 0.1) is 0 Å². The zero-order valence-electron chi connectivity index (χ0n) is 9.62. The zero-order valence-corrected chi connectivity index (χ0v) is 9.62. The first-order valence-electron chi connectivity index (χ1n) is 6.48. The summed E-state index contributed by atoms with van der Waals surface area (Å²) in [5.74, 6) is 0. The quantitative estimate of drug-likeness (QED) is 0.689. The van der Waals surface area contributed by atoms with Crippen LogP contribution in [0.15, 0.2) is 0 Å². The summed E-state index contributed by atoms with van der Waals surface area (Å²) in [6.07, 6.45) is 7.75. The fraction of sp³-hybridized carbons (Fsp3) is 1.00. The van der Waals surface area contributed by atoms with Crippen LogP contribution in [0.1, 0.15) is 38.5 Å². The molecule has 1 saturated carbocycles. The van der Waals surface area contributed by atoms with Gasteiger partial charge in [0.05, 0.1) is 0 Å². The molecule has 1 aliphatic carbocycles. The van der Waals surface area contributed by atoms with Crippen LogP contribution in [-0.4, -0.2) is 48.3 Å². The molecule has 2 rings (SSSR count). The molecule has 0 aromatic heterocycles. The summed E-state index contributed by atoms with van der Waals surface area (Å²) in [6.45, 7) is 3.81. The Bertz CT molecular complexity index is 176. The maximum atomic E-state index is 8.91. The molecular formula is C12H24N2O. The molecule has 1 aliphatic heterocycles. The second-order valence-electron chi connectivity index (χ2n) is 4.95. The van der Waals surface area contributed by atoms with Crippen molar-refractivity contribution in [1.82, 2.24) is 10.2 Å². The van der Waals surface area contributed by atoms with Crippen LogP contribution in [-0.2, 0) is 0 Å². The van der Waals surface area contributed by atoms with Crippen molar-refractivity contribution in [2.24, 2.45) is 0 Å². The molecule has 2 fully saturated rings. The molecule has 0 bridgehead atoms. The first-order chi connectivity index (χ1) is 7.40. The molecule has 3 heteroatoms. The SMILES string of the molecule is OCCCN(CC1CCCN1)C1CCC1. The van der Waals surface area contributed by atoms with Crippen molar-refractivity contribution in [3.63, 3.8) is 0 Å². The van der Waals surface area contributed by atoms with E-state index in [9.17, 15) is 0 Å². The fourth-order valence-corrected chi connectivity index (χ4v) is 2.64. The minimum atomic E-state index is 0.335. The maximum absolute atomic E-state index is 8.91. The van der Waals surface area contributed by atoms with E-state index in [1.165, 1.54) is 45.2 Å². The summed E-state index contributed by atoms with van der Waals surface area (Å²) < 4.78 is 0. The predicted molar refractivity (Wildman–Crippen MR) is 61.9 cm³/mol. The van der Waals surface area contributed by atoms with Gasteiger partial charge in [-0.2, -0.15) is 0 Å². The third kappa shape index (κ3) is 3.16. The van der Waals surface area contributed by atoms with Gasteiger partial charge in [-0.3, -0.25) is 4.90 Å². The Morgan fingerprint density at radius 1 is 1.20 bits per heavy atom. The second kappa shape index (κ2) is 5.83. The molecule has 2 N–H and O–H groups in total. The van der Waals surface area contributed by atoms with E-state index in [4.69, 9.17) is 5.11 Å². The smallest absolute Gasteiger partial charge is 0.0443 e. The highest BCUT2D eigenvalue weighted by atomic mass is 16.3. The molecule has 88 valence electrons. The molecule has 3 nitrogen and oxygen atoms in total. The van der Waals surface area contributed by atoms with Crippen molar-refractivity contribution in [2.75, 3.05) is 26.2 Å². The molecule has 1 unspecified atom stereocenters. The number of hydrogen-bond donors (Lipinski definition) is 2. The number of rotatable bonds is 6. The van der Waals surface area contributed by atoms with Crippen LogP contribution in [0.3, 0.4) is 0 Å². The number of hydrogen-bond acceptors (Lipinski definition) is 3.